The molecule has 20 heavy (non-hydrogen) atoms. The number of hydrogen-bond donors (Lipinski definition) is 0. The fraction of sp³-hybridized carbons (Fsp3) is 0.600. The van der Waals surface area contributed by atoms with Crippen molar-refractivity contribution in [3.8, 4) is 0 Å². The molecule has 0 aliphatic heterocycles. The minimum atomic E-state index is -0.650. The Labute approximate surface area is 135 Å². The molecule has 1 aromatic carbocycles. The van der Waals surface area contributed by atoms with E-state index in [9.17, 15) is 8.78 Å². The van der Waals surface area contributed by atoms with Crippen LogP contribution in [0.5, 0.6) is 0 Å². The Hall–Kier alpha value is 0.462. The topological polar surface area (TPSA) is 0 Å². The van der Waals surface area contributed by atoms with Crippen LogP contribution in [0.3, 0.4) is 0 Å². The maximum atomic E-state index is 13.3. The summed E-state index contributed by atoms with van der Waals surface area (Å²) in [5.74, 6) is -0.970. The predicted molar refractivity (Wildman–Crippen MR) is 84.1 cm³/mol. The van der Waals surface area contributed by atoms with Crippen LogP contribution in [0.2, 0.25) is 5.40 Å². The normalized spacial score (nSPS) is 12.3. The third-order valence-corrected chi connectivity index (χ3v) is 5.91. The summed E-state index contributed by atoms with van der Waals surface area (Å²) in [4.78, 5) is 0. The Morgan fingerprint density at radius 3 is 1.45 bits per heavy atom. The van der Waals surface area contributed by atoms with Crippen molar-refractivity contribution in [3.63, 3.8) is 0 Å². The van der Waals surface area contributed by atoms with E-state index in [0.29, 0.717) is 17.0 Å². The molecule has 1 rings (SSSR count). The summed E-state index contributed by atoms with van der Waals surface area (Å²) in [6, 6.07) is 3.89. The molecule has 0 nitrogen and oxygen atoms in total. The molecule has 0 bridgehead atoms. The van der Waals surface area contributed by atoms with Crippen LogP contribution in [0.15, 0.2) is 18.2 Å². The SMILES string of the molecule is CC(C)(C)P(c1cc(F)cc(F)c1)C(C)(C)C.[CH3][Pd][Cl]. The maximum absolute atomic E-state index is 13.3. The third kappa shape index (κ3) is 6.95. The van der Waals surface area contributed by atoms with Crippen molar-refractivity contribution in [1.29, 1.82) is 0 Å². The third-order valence-electron chi connectivity index (χ3n) is 2.45. The second-order valence-corrected chi connectivity index (χ2v) is 12.3. The molecule has 0 N–H and O–H groups in total. The van der Waals surface area contributed by atoms with Crippen molar-refractivity contribution < 1.29 is 25.7 Å². The van der Waals surface area contributed by atoms with E-state index >= 15 is 0 Å². The van der Waals surface area contributed by atoms with Crippen LogP contribution in [0, 0.1) is 11.6 Å². The zero-order valence-electron chi connectivity index (χ0n) is 13.1. The molecule has 0 radical (unpaired) electrons. The van der Waals surface area contributed by atoms with Crippen LogP contribution in [-0.2, 0) is 17.0 Å². The summed E-state index contributed by atoms with van der Waals surface area (Å²) in [7, 11) is 4.40. The number of rotatable bonds is 1. The van der Waals surface area contributed by atoms with Gasteiger partial charge in [0.1, 0.15) is 11.6 Å². The van der Waals surface area contributed by atoms with Crippen molar-refractivity contribution in [1.82, 2.24) is 0 Å². The fourth-order valence-corrected chi connectivity index (χ4v) is 6.52. The summed E-state index contributed by atoms with van der Waals surface area (Å²) in [6.45, 7) is 12.8. The average molecular weight is 415 g/mol. The first kappa shape index (κ1) is 20.5. The predicted octanol–water partition coefficient (Wildman–Crippen LogP) is 5.94. The number of hydrogen-bond acceptors (Lipinski definition) is 0. The van der Waals surface area contributed by atoms with E-state index in [2.05, 4.69) is 41.5 Å². The van der Waals surface area contributed by atoms with Crippen molar-refractivity contribution in [2.45, 2.75) is 57.3 Å². The molecule has 0 aliphatic carbocycles. The van der Waals surface area contributed by atoms with E-state index in [1.807, 2.05) is 5.40 Å². The van der Waals surface area contributed by atoms with Crippen LogP contribution in [0.25, 0.3) is 0 Å². The van der Waals surface area contributed by atoms with Gasteiger partial charge < -0.3 is 0 Å². The summed E-state index contributed by atoms with van der Waals surface area (Å²) in [5.41, 5.74) is 0. The molecular formula is C15H24ClF2PPd. The van der Waals surface area contributed by atoms with Gasteiger partial charge in [-0.15, -0.1) is 0 Å². The van der Waals surface area contributed by atoms with E-state index in [1.165, 1.54) is 12.1 Å². The summed E-state index contributed by atoms with van der Waals surface area (Å²) in [5, 5.41) is 2.79. The van der Waals surface area contributed by atoms with Crippen LogP contribution < -0.4 is 5.30 Å². The van der Waals surface area contributed by atoms with Gasteiger partial charge in [-0.1, -0.05) is 49.5 Å². The van der Waals surface area contributed by atoms with Crippen LogP contribution in [-0.4, -0.2) is 10.3 Å². The molecule has 0 aliphatic rings. The zero-order chi connectivity index (χ0) is 16.1. The van der Waals surface area contributed by atoms with Gasteiger partial charge in [0.2, 0.25) is 0 Å². The molecular weight excluding hydrogens is 391 g/mol. The number of benzene rings is 1. The van der Waals surface area contributed by atoms with Gasteiger partial charge in [0.05, 0.1) is 0 Å². The van der Waals surface area contributed by atoms with Gasteiger partial charge >= 0.3 is 31.9 Å². The van der Waals surface area contributed by atoms with E-state index < -0.39 is 19.6 Å². The van der Waals surface area contributed by atoms with E-state index in [1.54, 1.807) is 0 Å². The zero-order valence-corrected chi connectivity index (χ0v) is 16.3. The van der Waals surface area contributed by atoms with Gasteiger partial charge in [-0.3, -0.25) is 0 Å². The monoisotopic (exact) mass is 414 g/mol. The Kier molecular flexibility index (Phi) is 8.38. The first-order valence-corrected chi connectivity index (χ1v) is 11.1. The minimum absolute atomic E-state index is 0.0216. The van der Waals surface area contributed by atoms with Gasteiger partial charge in [-0.2, -0.15) is 0 Å². The summed E-state index contributed by atoms with van der Waals surface area (Å²) in [6.07, 6.45) is 0. The van der Waals surface area contributed by atoms with E-state index in [4.69, 9.17) is 9.53 Å². The quantitative estimate of drug-likeness (QED) is 0.394. The Balaban J connectivity index is 0.00000110. The van der Waals surface area contributed by atoms with E-state index in [0.717, 1.165) is 11.4 Å². The molecule has 5 heteroatoms. The summed E-state index contributed by atoms with van der Waals surface area (Å²) >= 11 is 0.422. The van der Waals surface area contributed by atoms with Crippen LogP contribution >= 0.6 is 17.5 Å². The second kappa shape index (κ2) is 8.19. The molecule has 0 amide bonds. The van der Waals surface area contributed by atoms with Crippen LogP contribution in [0.4, 0.5) is 8.78 Å². The first-order chi connectivity index (χ1) is 8.93. The van der Waals surface area contributed by atoms with Gasteiger partial charge in [0, 0.05) is 6.07 Å². The van der Waals surface area contributed by atoms with Crippen molar-refractivity contribution in [3.05, 3.63) is 29.8 Å². The molecule has 0 saturated heterocycles. The Bertz CT molecular complexity index is 391. The molecule has 0 spiro atoms. The molecule has 0 saturated carbocycles. The molecule has 1 aromatic rings. The average Bonchev–Trinajstić information content (AvgIpc) is 2.10. The molecule has 0 atom stereocenters. The Morgan fingerprint density at radius 1 is 0.900 bits per heavy atom. The van der Waals surface area contributed by atoms with E-state index in [-0.39, 0.29) is 10.3 Å². The molecule has 0 heterocycles. The van der Waals surface area contributed by atoms with Crippen LogP contribution in [0.1, 0.15) is 41.5 Å². The molecule has 0 unspecified atom stereocenters. The Morgan fingerprint density at radius 2 is 1.20 bits per heavy atom. The molecule has 0 fully saturated rings. The second-order valence-electron chi connectivity index (χ2n) is 6.42. The molecule has 120 valence electrons. The summed E-state index contributed by atoms with van der Waals surface area (Å²) < 4.78 is 26.7. The standard InChI is InChI=1S/C14H21F2P.CH3.ClH.Pd/c1-13(2,3)17(14(4,5)6)12-8-10(15)7-11(16)9-12;;;/h7-9H,1-6H3;1H3;1H;/q;;;+1/p-1. The van der Waals surface area contributed by atoms with Gasteiger partial charge in [-0.05, 0) is 27.7 Å². The fourth-order valence-electron chi connectivity index (χ4n) is 2.45. The number of halogens is 3. The molecule has 0 aromatic heterocycles. The van der Waals surface area contributed by atoms with Crippen molar-refractivity contribution >= 4 is 22.8 Å². The van der Waals surface area contributed by atoms with Gasteiger partial charge in [-0.25, -0.2) is 8.78 Å². The van der Waals surface area contributed by atoms with Crippen molar-refractivity contribution in [2.24, 2.45) is 0 Å². The van der Waals surface area contributed by atoms with Gasteiger partial charge in [0.25, 0.3) is 0 Å². The first-order valence-electron chi connectivity index (χ1n) is 6.22. The van der Waals surface area contributed by atoms with Crippen molar-refractivity contribution in [2.75, 3.05) is 0 Å². The van der Waals surface area contributed by atoms with Gasteiger partial charge in [0.15, 0.2) is 0 Å².